The van der Waals surface area contributed by atoms with Gasteiger partial charge in [-0.3, -0.25) is 4.79 Å². The Kier molecular flexibility index (Phi) is 5.74. The molecule has 29 heavy (non-hydrogen) atoms. The number of rotatable bonds is 3. The molecule has 0 aromatic heterocycles. The van der Waals surface area contributed by atoms with Crippen LogP contribution in [0.1, 0.15) is 42.3 Å². The Balaban J connectivity index is 1.71. The first-order valence-electron chi connectivity index (χ1n) is 9.70. The molecule has 3 rings (SSSR count). The molecular weight excluding hydrogens is 388 g/mol. The number of phenols is 1. The van der Waals surface area contributed by atoms with Crippen LogP contribution in [0.5, 0.6) is 5.75 Å². The van der Waals surface area contributed by atoms with E-state index in [1.165, 1.54) is 4.31 Å². The number of benzene rings is 2. The minimum absolute atomic E-state index is 0.0218. The maximum Gasteiger partial charge on any atom is 0.257 e. The molecule has 1 heterocycles. The molecule has 0 saturated carbocycles. The summed E-state index contributed by atoms with van der Waals surface area (Å²) in [4.78, 5) is 14.6. The zero-order valence-corrected chi connectivity index (χ0v) is 18.2. The van der Waals surface area contributed by atoms with Gasteiger partial charge in [-0.25, -0.2) is 8.42 Å². The molecule has 0 radical (unpaired) electrons. The van der Waals surface area contributed by atoms with Crippen LogP contribution in [-0.4, -0.2) is 54.8 Å². The van der Waals surface area contributed by atoms with Gasteiger partial charge in [0.1, 0.15) is 5.75 Å². The summed E-state index contributed by atoms with van der Waals surface area (Å²) in [6.07, 6.45) is 0. The van der Waals surface area contributed by atoms with Gasteiger partial charge in [-0.15, -0.1) is 0 Å². The van der Waals surface area contributed by atoms with Crippen LogP contribution in [-0.2, 0) is 15.4 Å². The van der Waals surface area contributed by atoms with Crippen LogP contribution in [0.3, 0.4) is 0 Å². The lowest BCUT2D eigenvalue weighted by Gasteiger charge is -2.34. The second-order valence-corrected chi connectivity index (χ2v) is 10.4. The van der Waals surface area contributed by atoms with Crippen LogP contribution < -0.4 is 0 Å². The topological polar surface area (TPSA) is 77.9 Å². The summed E-state index contributed by atoms with van der Waals surface area (Å²) in [5.41, 5.74) is 1.91. The monoisotopic (exact) mass is 416 g/mol. The van der Waals surface area contributed by atoms with E-state index in [9.17, 15) is 18.3 Å². The fraction of sp³-hybridized carbons (Fsp3) is 0.409. The number of aryl methyl sites for hydroxylation is 1. The van der Waals surface area contributed by atoms with Crippen LogP contribution in [0.15, 0.2) is 47.4 Å². The van der Waals surface area contributed by atoms with Gasteiger partial charge in [0.15, 0.2) is 0 Å². The highest BCUT2D eigenvalue weighted by Crippen LogP contribution is 2.26. The van der Waals surface area contributed by atoms with Crippen molar-refractivity contribution < 1.29 is 18.3 Å². The van der Waals surface area contributed by atoms with Crippen molar-refractivity contribution in [2.24, 2.45) is 0 Å². The van der Waals surface area contributed by atoms with Crippen LogP contribution in [0.4, 0.5) is 0 Å². The van der Waals surface area contributed by atoms with Crippen LogP contribution in [0, 0.1) is 6.92 Å². The molecule has 1 amide bonds. The average molecular weight is 417 g/mol. The van der Waals surface area contributed by atoms with Gasteiger partial charge in [0.05, 0.1) is 10.5 Å². The standard InChI is InChI=1S/C22H28N2O4S/c1-16-6-5-7-19(20(16)25)21(26)23-12-14-24(15-13-23)29(27,28)18-10-8-17(9-11-18)22(2,3)4/h5-11,25H,12-15H2,1-4H3. The quantitative estimate of drug-likeness (QED) is 0.834. The lowest BCUT2D eigenvalue weighted by molar-refractivity contribution is 0.0694. The normalized spacial score (nSPS) is 16.1. The van der Waals surface area contributed by atoms with Crippen molar-refractivity contribution in [1.29, 1.82) is 0 Å². The molecule has 156 valence electrons. The second-order valence-electron chi connectivity index (χ2n) is 8.44. The Bertz CT molecular complexity index is 1000. The van der Waals surface area contributed by atoms with E-state index in [2.05, 4.69) is 20.8 Å². The summed E-state index contributed by atoms with van der Waals surface area (Å²) in [7, 11) is -3.61. The highest BCUT2D eigenvalue weighted by molar-refractivity contribution is 7.89. The molecule has 1 fully saturated rings. The molecule has 1 saturated heterocycles. The number of carbonyl (C=O) groups excluding carboxylic acids is 1. The van der Waals surface area contributed by atoms with Crippen LogP contribution in [0.25, 0.3) is 0 Å². The van der Waals surface area contributed by atoms with E-state index in [1.54, 1.807) is 42.2 Å². The number of hydrogen-bond acceptors (Lipinski definition) is 4. The first-order valence-corrected chi connectivity index (χ1v) is 11.1. The number of hydrogen-bond donors (Lipinski definition) is 1. The Morgan fingerprint density at radius 2 is 1.55 bits per heavy atom. The molecule has 1 N–H and O–H groups in total. The average Bonchev–Trinajstić information content (AvgIpc) is 2.69. The number of phenolic OH excluding ortho intramolecular Hbond substituents is 1. The van der Waals surface area contributed by atoms with Gasteiger partial charge in [0.2, 0.25) is 10.0 Å². The molecule has 2 aromatic carbocycles. The molecule has 2 aromatic rings. The number of sulfonamides is 1. The molecule has 6 nitrogen and oxygen atoms in total. The van der Waals surface area contributed by atoms with Crippen molar-refractivity contribution in [3.63, 3.8) is 0 Å². The minimum atomic E-state index is -3.61. The van der Waals surface area contributed by atoms with Gasteiger partial charge in [-0.1, -0.05) is 45.0 Å². The maximum absolute atomic E-state index is 13.0. The predicted octanol–water partition coefficient (Wildman–Crippen LogP) is 3.14. The third kappa shape index (κ3) is 4.31. The molecule has 1 aliphatic rings. The number of para-hydroxylation sites is 1. The maximum atomic E-state index is 13.0. The second kappa shape index (κ2) is 7.80. The third-order valence-corrected chi connectivity index (χ3v) is 7.27. The van der Waals surface area contributed by atoms with Gasteiger partial charge in [-0.2, -0.15) is 4.31 Å². The fourth-order valence-electron chi connectivity index (χ4n) is 3.41. The van der Waals surface area contributed by atoms with E-state index in [1.807, 2.05) is 12.1 Å². The first kappa shape index (κ1) is 21.3. The molecule has 0 atom stereocenters. The van der Waals surface area contributed by atoms with Gasteiger partial charge in [0.25, 0.3) is 5.91 Å². The van der Waals surface area contributed by atoms with Crippen molar-refractivity contribution in [3.05, 3.63) is 59.2 Å². The SMILES string of the molecule is Cc1cccc(C(=O)N2CCN(S(=O)(=O)c3ccc(C(C)(C)C)cc3)CC2)c1O. The van der Waals surface area contributed by atoms with E-state index in [-0.39, 0.29) is 53.7 Å². The van der Waals surface area contributed by atoms with Gasteiger partial charge in [-0.05, 0) is 41.7 Å². The number of aromatic hydroxyl groups is 1. The van der Waals surface area contributed by atoms with E-state index in [0.717, 1.165) is 5.56 Å². The fourth-order valence-corrected chi connectivity index (χ4v) is 4.83. The van der Waals surface area contributed by atoms with E-state index in [0.29, 0.717) is 5.56 Å². The van der Waals surface area contributed by atoms with E-state index in [4.69, 9.17) is 0 Å². The van der Waals surface area contributed by atoms with Gasteiger partial charge >= 0.3 is 0 Å². The summed E-state index contributed by atoms with van der Waals surface area (Å²) < 4.78 is 27.4. The highest BCUT2D eigenvalue weighted by Gasteiger charge is 2.31. The number of piperazine rings is 1. The summed E-state index contributed by atoms with van der Waals surface area (Å²) in [6.45, 7) is 9.00. The highest BCUT2D eigenvalue weighted by atomic mass is 32.2. The molecule has 0 bridgehead atoms. The zero-order valence-electron chi connectivity index (χ0n) is 17.3. The lowest BCUT2D eigenvalue weighted by Crippen LogP contribution is -2.50. The third-order valence-electron chi connectivity index (χ3n) is 5.35. The smallest absolute Gasteiger partial charge is 0.257 e. The predicted molar refractivity (Wildman–Crippen MR) is 113 cm³/mol. The van der Waals surface area contributed by atoms with E-state index >= 15 is 0 Å². The number of nitrogens with zero attached hydrogens (tertiary/aromatic N) is 2. The Morgan fingerprint density at radius 3 is 2.10 bits per heavy atom. The Labute approximate surface area is 172 Å². The molecular formula is C22H28N2O4S. The Morgan fingerprint density at radius 1 is 0.966 bits per heavy atom. The summed E-state index contributed by atoms with van der Waals surface area (Å²) >= 11 is 0. The van der Waals surface area contributed by atoms with Gasteiger partial charge in [0, 0.05) is 26.2 Å². The number of carbonyl (C=O) groups is 1. The molecule has 0 spiro atoms. The van der Waals surface area contributed by atoms with Crippen molar-refractivity contribution in [3.8, 4) is 5.75 Å². The largest absolute Gasteiger partial charge is 0.507 e. The van der Waals surface area contributed by atoms with Crippen molar-refractivity contribution in [2.75, 3.05) is 26.2 Å². The Hall–Kier alpha value is -2.38. The summed E-state index contributed by atoms with van der Waals surface area (Å²) in [5, 5.41) is 10.2. The first-order chi connectivity index (χ1) is 13.5. The van der Waals surface area contributed by atoms with Crippen LogP contribution >= 0.6 is 0 Å². The lowest BCUT2D eigenvalue weighted by atomic mass is 9.87. The minimum Gasteiger partial charge on any atom is -0.507 e. The molecule has 0 aliphatic carbocycles. The van der Waals surface area contributed by atoms with Crippen LogP contribution in [0.2, 0.25) is 0 Å². The summed E-state index contributed by atoms with van der Waals surface area (Å²) in [6, 6.07) is 12.1. The van der Waals surface area contributed by atoms with Crippen molar-refractivity contribution in [1.82, 2.24) is 9.21 Å². The molecule has 7 heteroatoms. The van der Waals surface area contributed by atoms with Gasteiger partial charge < -0.3 is 10.0 Å². The zero-order chi connectivity index (χ0) is 21.4. The van der Waals surface area contributed by atoms with Crippen molar-refractivity contribution in [2.45, 2.75) is 38.0 Å². The molecule has 1 aliphatic heterocycles. The van der Waals surface area contributed by atoms with E-state index < -0.39 is 10.0 Å². The number of amides is 1. The molecule has 0 unspecified atom stereocenters. The van der Waals surface area contributed by atoms with Crippen molar-refractivity contribution >= 4 is 15.9 Å². The summed E-state index contributed by atoms with van der Waals surface area (Å²) in [5.74, 6) is -0.302.